The van der Waals surface area contributed by atoms with E-state index in [2.05, 4.69) is 106 Å². The monoisotopic (exact) mass is 737 g/mol. The predicted molar refractivity (Wildman–Crippen MR) is 224 cm³/mol. The van der Waals surface area contributed by atoms with Crippen molar-refractivity contribution < 1.29 is 28.6 Å². The van der Waals surface area contributed by atoms with Crippen LogP contribution in [0.5, 0.6) is 0 Å². The maximum absolute atomic E-state index is 12.6. The van der Waals surface area contributed by atoms with Crippen molar-refractivity contribution in [2.75, 3.05) is 13.2 Å². The quantitative estimate of drug-likeness (QED) is 0.0276. The van der Waals surface area contributed by atoms with Gasteiger partial charge in [-0.3, -0.25) is 14.4 Å². The molecule has 0 radical (unpaired) electrons. The van der Waals surface area contributed by atoms with Crippen LogP contribution in [0.4, 0.5) is 0 Å². The van der Waals surface area contributed by atoms with Crippen LogP contribution in [0.2, 0.25) is 0 Å². The number of carbonyl (C=O) groups excluding carboxylic acids is 3. The normalized spacial score (nSPS) is 12.9. The van der Waals surface area contributed by atoms with Gasteiger partial charge in [0, 0.05) is 19.3 Å². The van der Waals surface area contributed by atoms with Crippen molar-refractivity contribution in [3.05, 3.63) is 85.1 Å². The van der Waals surface area contributed by atoms with Gasteiger partial charge in [-0.2, -0.15) is 0 Å². The lowest BCUT2D eigenvalue weighted by Gasteiger charge is -2.18. The van der Waals surface area contributed by atoms with Gasteiger partial charge in [0.2, 0.25) is 0 Å². The van der Waals surface area contributed by atoms with E-state index in [9.17, 15) is 14.4 Å². The van der Waals surface area contributed by atoms with Crippen molar-refractivity contribution in [1.29, 1.82) is 0 Å². The first kappa shape index (κ1) is 49.6. The number of ether oxygens (including phenoxy) is 3. The van der Waals surface area contributed by atoms with Crippen molar-refractivity contribution in [3.63, 3.8) is 0 Å². The van der Waals surface area contributed by atoms with E-state index in [1.165, 1.54) is 44.9 Å². The van der Waals surface area contributed by atoms with Gasteiger partial charge in [-0.15, -0.1) is 0 Å². The molecule has 6 heteroatoms. The second kappa shape index (κ2) is 41.3. The highest BCUT2D eigenvalue weighted by Gasteiger charge is 2.19. The largest absolute Gasteiger partial charge is 0.462 e. The predicted octanol–water partition coefficient (Wildman–Crippen LogP) is 13.3. The minimum Gasteiger partial charge on any atom is -0.462 e. The lowest BCUT2D eigenvalue weighted by atomic mass is 10.1. The molecule has 0 fully saturated rings. The van der Waals surface area contributed by atoms with Crippen molar-refractivity contribution >= 4 is 17.9 Å². The minimum absolute atomic E-state index is 0.124. The van der Waals surface area contributed by atoms with Gasteiger partial charge in [-0.05, 0) is 103 Å². The van der Waals surface area contributed by atoms with Crippen LogP contribution in [0.1, 0.15) is 175 Å². The first-order valence-electron chi connectivity index (χ1n) is 21.1. The van der Waals surface area contributed by atoms with Crippen LogP contribution < -0.4 is 0 Å². The van der Waals surface area contributed by atoms with E-state index in [-0.39, 0.29) is 44.0 Å². The number of hydrogen-bond donors (Lipinski definition) is 0. The molecule has 6 nitrogen and oxygen atoms in total. The third-order valence-electron chi connectivity index (χ3n) is 8.36. The molecule has 0 aromatic carbocycles. The Morgan fingerprint density at radius 3 is 1.23 bits per heavy atom. The zero-order valence-electron chi connectivity index (χ0n) is 34.0. The summed E-state index contributed by atoms with van der Waals surface area (Å²) in [5.41, 5.74) is 0. The summed E-state index contributed by atoms with van der Waals surface area (Å²) in [4.78, 5) is 37.4. The molecule has 0 spiro atoms. The standard InChI is InChI=1S/C47H76O6/c1-4-7-10-13-16-19-20-21-22-23-24-25-26-29-31-34-37-40-46(49)52-43-44(53-47(50)41-38-35-32-28-18-15-12-9-6-3)42-51-45(48)39-36-33-30-27-17-14-11-8-5-2/h8-9,11-12,17-18,21-22,24-25,27-29,31,44H,4-7,10,13-16,19-20,23,26,30,32-43H2,1-3H3/b11-8-,12-9-,22-21-,25-24-,27-17-,28-18-,31-29-. The molecule has 0 aliphatic rings. The average Bonchev–Trinajstić information content (AvgIpc) is 3.15. The van der Waals surface area contributed by atoms with Crippen molar-refractivity contribution in [3.8, 4) is 0 Å². The van der Waals surface area contributed by atoms with Gasteiger partial charge in [0.1, 0.15) is 13.2 Å². The highest BCUT2D eigenvalue weighted by Crippen LogP contribution is 2.10. The zero-order chi connectivity index (χ0) is 38.7. The fraction of sp³-hybridized carbons (Fsp3) is 0.638. The highest BCUT2D eigenvalue weighted by molar-refractivity contribution is 5.71. The second-order valence-corrected chi connectivity index (χ2v) is 13.5. The van der Waals surface area contributed by atoms with Gasteiger partial charge in [-0.25, -0.2) is 0 Å². The maximum Gasteiger partial charge on any atom is 0.306 e. The fourth-order valence-electron chi connectivity index (χ4n) is 5.24. The number of allylic oxidation sites excluding steroid dienone is 14. The Hall–Kier alpha value is -3.41. The summed E-state index contributed by atoms with van der Waals surface area (Å²) >= 11 is 0. The Bertz CT molecular complexity index is 1080. The van der Waals surface area contributed by atoms with E-state index < -0.39 is 6.10 Å². The van der Waals surface area contributed by atoms with Crippen molar-refractivity contribution in [2.45, 2.75) is 181 Å². The number of rotatable bonds is 36. The van der Waals surface area contributed by atoms with Crippen LogP contribution in [-0.4, -0.2) is 37.2 Å². The van der Waals surface area contributed by atoms with E-state index in [0.29, 0.717) is 19.3 Å². The lowest BCUT2D eigenvalue weighted by molar-refractivity contribution is -0.167. The van der Waals surface area contributed by atoms with Crippen LogP contribution in [-0.2, 0) is 28.6 Å². The molecule has 1 unspecified atom stereocenters. The highest BCUT2D eigenvalue weighted by atomic mass is 16.6. The molecular weight excluding hydrogens is 661 g/mol. The topological polar surface area (TPSA) is 78.9 Å². The zero-order valence-corrected chi connectivity index (χ0v) is 34.0. The van der Waals surface area contributed by atoms with Gasteiger partial charge >= 0.3 is 17.9 Å². The number of hydrogen-bond acceptors (Lipinski definition) is 6. The Morgan fingerprint density at radius 2 is 0.755 bits per heavy atom. The molecule has 0 aromatic rings. The van der Waals surface area contributed by atoms with Crippen molar-refractivity contribution in [2.24, 2.45) is 0 Å². The first-order valence-corrected chi connectivity index (χ1v) is 21.1. The Morgan fingerprint density at radius 1 is 0.396 bits per heavy atom. The van der Waals surface area contributed by atoms with Crippen LogP contribution in [0.25, 0.3) is 0 Å². The molecular formula is C47H76O6. The Kier molecular flexibility index (Phi) is 38.7. The van der Waals surface area contributed by atoms with Crippen LogP contribution in [0, 0.1) is 0 Å². The van der Waals surface area contributed by atoms with Gasteiger partial charge in [0.25, 0.3) is 0 Å². The third-order valence-corrected chi connectivity index (χ3v) is 8.36. The molecule has 0 rings (SSSR count). The van der Waals surface area contributed by atoms with E-state index in [1.807, 2.05) is 0 Å². The summed E-state index contributed by atoms with van der Waals surface area (Å²) in [6, 6.07) is 0. The molecule has 300 valence electrons. The number of esters is 3. The molecule has 1 atom stereocenters. The molecule has 0 bridgehead atoms. The Balaban J connectivity index is 4.47. The molecule has 0 saturated heterocycles. The van der Waals surface area contributed by atoms with Crippen LogP contribution in [0.3, 0.4) is 0 Å². The molecule has 0 N–H and O–H groups in total. The molecule has 0 saturated carbocycles. The van der Waals surface area contributed by atoms with Crippen LogP contribution in [0.15, 0.2) is 85.1 Å². The second-order valence-electron chi connectivity index (χ2n) is 13.5. The molecule has 0 heterocycles. The van der Waals surface area contributed by atoms with Gasteiger partial charge in [0.05, 0.1) is 0 Å². The average molecular weight is 737 g/mol. The molecule has 53 heavy (non-hydrogen) atoms. The van der Waals surface area contributed by atoms with Gasteiger partial charge < -0.3 is 14.2 Å². The van der Waals surface area contributed by atoms with E-state index in [0.717, 1.165) is 77.0 Å². The van der Waals surface area contributed by atoms with Gasteiger partial charge in [-0.1, -0.05) is 138 Å². The van der Waals surface area contributed by atoms with E-state index >= 15 is 0 Å². The van der Waals surface area contributed by atoms with E-state index in [4.69, 9.17) is 14.2 Å². The molecule has 0 aliphatic heterocycles. The smallest absolute Gasteiger partial charge is 0.306 e. The summed E-state index contributed by atoms with van der Waals surface area (Å²) in [7, 11) is 0. The number of carbonyl (C=O) groups is 3. The fourth-order valence-corrected chi connectivity index (χ4v) is 5.24. The van der Waals surface area contributed by atoms with Crippen LogP contribution >= 0.6 is 0 Å². The number of unbranched alkanes of at least 4 members (excludes halogenated alkanes) is 11. The SMILES string of the molecule is CC/C=C\C/C=C\CCCCC(=O)OCC(COC(=O)CCC/C=C\C/C=C\C/C=C\CCCCCCCC)OC(=O)CCCC/C=C\C/C=C\CC. The molecule has 0 aliphatic carbocycles. The third kappa shape index (κ3) is 39.6. The summed E-state index contributed by atoms with van der Waals surface area (Å²) in [6.45, 7) is 6.23. The maximum atomic E-state index is 12.6. The van der Waals surface area contributed by atoms with E-state index in [1.54, 1.807) is 0 Å². The summed E-state index contributed by atoms with van der Waals surface area (Å²) < 4.78 is 16.5. The summed E-state index contributed by atoms with van der Waals surface area (Å²) in [5.74, 6) is -1.06. The van der Waals surface area contributed by atoms with Crippen molar-refractivity contribution in [1.82, 2.24) is 0 Å². The molecule has 0 aromatic heterocycles. The lowest BCUT2D eigenvalue weighted by Crippen LogP contribution is -2.30. The van der Waals surface area contributed by atoms with Gasteiger partial charge in [0.15, 0.2) is 6.10 Å². The summed E-state index contributed by atoms with van der Waals surface area (Å²) in [5, 5.41) is 0. The minimum atomic E-state index is -0.822. The molecule has 0 amide bonds. The first-order chi connectivity index (χ1) is 26.0. The summed E-state index contributed by atoms with van der Waals surface area (Å²) in [6.07, 6.45) is 51.7. The Labute approximate surface area is 325 Å².